The molecule has 1 N–H and O–H groups in total. The van der Waals surface area contributed by atoms with Crippen molar-refractivity contribution in [2.24, 2.45) is 5.41 Å². The molecule has 1 fully saturated rings. The molecule has 0 aliphatic carbocycles. The van der Waals surface area contributed by atoms with Crippen LogP contribution in [-0.2, 0) is 19.7 Å². The fourth-order valence-corrected chi connectivity index (χ4v) is 5.29. The van der Waals surface area contributed by atoms with Crippen LogP contribution >= 0.6 is 27.5 Å². The molecule has 1 aliphatic rings. The summed E-state index contributed by atoms with van der Waals surface area (Å²) in [7, 11) is 0. The van der Waals surface area contributed by atoms with Crippen LogP contribution in [0.25, 0.3) is 0 Å². The second-order valence-electron chi connectivity index (χ2n) is 9.81. The largest absolute Gasteiger partial charge is 0.491 e. The van der Waals surface area contributed by atoms with Gasteiger partial charge >= 0.3 is 18.1 Å². The molecule has 0 saturated carbocycles. The Morgan fingerprint density at radius 3 is 2.39 bits per heavy atom. The highest BCUT2D eigenvalue weighted by molar-refractivity contribution is 9.10. The monoisotopic (exact) mass is 588 g/mol. The number of rotatable bonds is 4. The molecule has 0 aromatic heterocycles. The maximum atomic E-state index is 15.4. The van der Waals surface area contributed by atoms with Gasteiger partial charge in [0.1, 0.15) is 17.3 Å². The van der Waals surface area contributed by atoms with E-state index in [2.05, 4.69) is 32.1 Å². The van der Waals surface area contributed by atoms with Gasteiger partial charge in [-0.15, -0.1) is 0 Å². The average molecular weight is 590 g/mol. The first-order chi connectivity index (χ1) is 16.6. The molecule has 11 heteroatoms. The van der Waals surface area contributed by atoms with Crippen molar-refractivity contribution in [1.29, 1.82) is 5.26 Å². The summed E-state index contributed by atoms with van der Waals surface area (Å²) in [5.41, 5.74) is -1.97. The Labute approximate surface area is 218 Å². The first-order valence-corrected chi connectivity index (χ1v) is 12.0. The number of halogens is 6. The third-order valence-electron chi connectivity index (χ3n) is 6.02. The molecule has 0 bridgehead atoms. The first kappa shape index (κ1) is 28.1. The van der Waals surface area contributed by atoms with Crippen LogP contribution in [0.2, 0.25) is 5.02 Å². The number of hydrogen-bond donors (Lipinski definition) is 1. The SMILES string of the molecule is CC(C)(C)C[C@@H]1N[C@@H](C(=O)OC(=O)C(F)(F)F)[C@H](c2cccc(Br)c2)[C@@]1(C#N)c1ccc(Cl)cc1F. The second kappa shape index (κ2) is 10.1. The summed E-state index contributed by atoms with van der Waals surface area (Å²) in [6.45, 7) is 5.59. The first-order valence-electron chi connectivity index (χ1n) is 10.8. The Morgan fingerprint density at radius 2 is 1.86 bits per heavy atom. The topological polar surface area (TPSA) is 79.2 Å². The van der Waals surface area contributed by atoms with Crippen LogP contribution in [0.4, 0.5) is 17.6 Å². The molecule has 0 unspecified atom stereocenters. The molecule has 36 heavy (non-hydrogen) atoms. The van der Waals surface area contributed by atoms with Gasteiger partial charge in [0, 0.05) is 27.0 Å². The van der Waals surface area contributed by atoms with Gasteiger partial charge in [-0.05, 0) is 41.7 Å². The minimum atomic E-state index is -5.40. The lowest BCUT2D eigenvalue weighted by atomic mass is 9.63. The highest BCUT2D eigenvalue weighted by atomic mass is 79.9. The molecule has 0 amide bonds. The number of esters is 2. The Balaban J connectivity index is 2.29. The molecule has 192 valence electrons. The molecule has 3 rings (SSSR count). The minimum Gasteiger partial charge on any atom is -0.385 e. The van der Waals surface area contributed by atoms with Gasteiger partial charge in [-0.25, -0.2) is 14.0 Å². The Hall–Kier alpha value is -2.48. The number of carbonyl (C=O) groups is 2. The number of nitriles is 1. The van der Waals surface area contributed by atoms with Crippen LogP contribution in [0.1, 0.15) is 44.2 Å². The Bertz CT molecular complexity index is 1230. The minimum absolute atomic E-state index is 0.0772. The predicted octanol–water partition coefficient (Wildman–Crippen LogP) is 6.20. The van der Waals surface area contributed by atoms with Crippen molar-refractivity contribution in [2.75, 3.05) is 0 Å². The summed E-state index contributed by atoms with van der Waals surface area (Å²) in [4.78, 5) is 24.5. The van der Waals surface area contributed by atoms with E-state index >= 15 is 4.39 Å². The zero-order valence-electron chi connectivity index (χ0n) is 19.4. The third-order valence-corrected chi connectivity index (χ3v) is 6.75. The van der Waals surface area contributed by atoms with Crippen LogP contribution in [0.15, 0.2) is 46.9 Å². The number of hydrogen-bond acceptors (Lipinski definition) is 5. The van der Waals surface area contributed by atoms with Crippen molar-refractivity contribution in [1.82, 2.24) is 5.32 Å². The van der Waals surface area contributed by atoms with Gasteiger partial charge in [0.15, 0.2) is 0 Å². The van der Waals surface area contributed by atoms with Gasteiger partial charge in [-0.3, -0.25) is 5.32 Å². The number of nitrogens with one attached hydrogen (secondary N) is 1. The molecule has 1 saturated heterocycles. The molecular formula is C25H22BrClF4N2O3. The van der Waals surface area contributed by atoms with Crippen molar-refractivity contribution in [3.63, 3.8) is 0 Å². The highest BCUT2D eigenvalue weighted by Gasteiger charge is 2.61. The van der Waals surface area contributed by atoms with E-state index in [1.165, 1.54) is 12.1 Å². The molecular weight excluding hydrogens is 568 g/mol. The van der Waals surface area contributed by atoms with Crippen LogP contribution < -0.4 is 5.32 Å². The van der Waals surface area contributed by atoms with Gasteiger partial charge < -0.3 is 4.74 Å². The summed E-state index contributed by atoms with van der Waals surface area (Å²) >= 11 is 9.27. The molecule has 1 heterocycles. The molecule has 2 aromatic rings. The molecule has 2 aromatic carbocycles. The van der Waals surface area contributed by atoms with Crippen molar-refractivity contribution >= 4 is 39.5 Å². The van der Waals surface area contributed by atoms with Gasteiger partial charge in [0.05, 0.1) is 6.07 Å². The number of ether oxygens (including phenoxy) is 1. The predicted molar refractivity (Wildman–Crippen MR) is 128 cm³/mol. The smallest absolute Gasteiger partial charge is 0.385 e. The maximum absolute atomic E-state index is 15.4. The van der Waals surface area contributed by atoms with Crippen LogP contribution in [-0.4, -0.2) is 30.2 Å². The average Bonchev–Trinajstić information content (AvgIpc) is 3.06. The summed E-state index contributed by atoms with van der Waals surface area (Å²) in [6, 6.07) is 9.89. The van der Waals surface area contributed by atoms with E-state index in [4.69, 9.17) is 11.6 Å². The quantitative estimate of drug-likeness (QED) is 0.261. The maximum Gasteiger partial charge on any atom is 0.491 e. The molecule has 0 spiro atoms. The Kier molecular flexibility index (Phi) is 7.89. The van der Waals surface area contributed by atoms with E-state index < -0.39 is 52.8 Å². The normalized spacial score (nSPS) is 24.3. The van der Waals surface area contributed by atoms with Gasteiger partial charge in [0.25, 0.3) is 0 Å². The standard InChI is InChI=1S/C25H22BrClF4N2O3/c1-23(2,3)11-18-24(12-32,16-8-7-15(27)10-17(16)28)19(13-5-4-6-14(26)9-13)20(33-18)21(34)36-22(35)25(29,30)31/h4-10,18-20,33H,11H2,1-3H3/t18-,19-,20+,24-/m0/s1. The van der Waals surface area contributed by atoms with Gasteiger partial charge in [-0.1, -0.05) is 66.5 Å². The van der Waals surface area contributed by atoms with E-state index in [1.54, 1.807) is 24.3 Å². The van der Waals surface area contributed by atoms with Crippen molar-refractivity contribution < 1.29 is 31.9 Å². The number of alkyl halides is 3. The summed E-state index contributed by atoms with van der Waals surface area (Å²) < 4.78 is 58.8. The van der Waals surface area contributed by atoms with Gasteiger partial charge in [0.2, 0.25) is 0 Å². The van der Waals surface area contributed by atoms with Crippen LogP contribution in [0.3, 0.4) is 0 Å². The van der Waals surface area contributed by atoms with E-state index in [9.17, 15) is 28.0 Å². The van der Waals surface area contributed by atoms with Crippen molar-refractivity contribution in [2.45, 2.75) is 56.8 Å². The number of benzene rings is 2. The lowest BCUT2D eigenvalue weighted by Crippen LogP contribution is -2.44. The van der Waals surface area contributed by atoms with Gasteiger partial charge in [-0.2, -0.15) is 18.4 Å². The fraction of sp³-hybridized carbons (Fsp3) is 0.400. The zero-order valence-corrected chi connectivity index (χ0v) is 21.8. The fourth-order valence-electron chi connectivity index (χ4n) is 4.72. The third kappa shape index (κ3) is 5.58. The lowest BCUT2D eigenvalue weighted by Gasteiger charge is -2.37. The van der Waals surface area contributed by atoms with E-state index in [1.807, 2.05) is 20.8 Å². The molecule has 0 radical (unpaired) electrons. The van der Waals surface area contributed by atoms with E-state index in [0.29, 0.717) is 10.0 Å². The van der Waals surface area contributed by atoms with Crippen LogP contribution in [0, 0.1) is 22.6 Å². The molecule has 4 atom stereocenters. The van der Waals surface area contributed by atoms with Crippen molar-refractivity contribution in [3.8, 4) is 6.07 Å². The summed E-state index contributed by atoms with van der Waals surface area (Å²) in [6.07, 6.45) is -5.18. The molecule has 1 aliphatic heterocycles. The lowest BCUT2D eigenvalue weighted by molar-refractivity contribution is -0.202. The number of carbonyl (C=O) groups excluding carboxylic acids is 2. The summed E-state index contributed by atoms with van der Waals surface area (Å²) in [5.74, 6) is -6.24. The van der Waals surface area contributed by atoms with Crippen molar-refractivity contribution in [3.05, 3.63) is 68.9 Å². The Morgan fingerprint density at radius 1 is 1.19 bits per heavy atom. The summed E-state index contributed by atoms with van der Waals surface area (Å²) in [5, 5.41) is 13.6. The molecule has 5 nitrogen and oxygen atoms in total. The zero-order chi connectivity index (χ0) is 27.1. The number of nitrogens with zero attached hydrogens (tertiary/aromatic N) is 1. The van der Waals surface area contributed by atoms with E-state index in [-0.39, 0.29) is 17.0 Å². The van der Waals surface area contributed by atoms with Crippen LogP contribution in [0.5, 0.6) is 0 Å². The van der Waals surface area contributed by atoms with E-state index in [0.717, 1.165) is 6.07 Å². The highest BCUT2D eigenvalue weighted by Crippen LogP contribution is 2.52. The second-order valence-corrected chi connectivity index (χ2v) is 11.2.